The molecule has 2 aromatic rings. The maximum atomic E-state index is 12.5. The van der Waals surface area contributed by atoms with E-state index in [1.165, 1.54) is 5.69 Å². The molecule has 0 saturated carbocycles. The number of hydrogen-bond acceptors (Lipinski definition) is 4. The van der Waals surface area contributed by atoms with Crippen molar-refractivity contribution in [3.8, 4) is 11.5 Å². The van der Waals surface area contributed by atoms with Gasteiger partial charge in [0.2, 0.25) is 5.91 Å². The summed E-state index contributed by atoms with van der Waals surface area (Å²) in [6.07, 6.45) is 1.22. The molecule has 0 aromatic heterocycles. The van der Waals surface area contributed by atoms with E-state index in [4.69, 9.17) is 21.1 Å². The quantitative estimate of drug-likeness (QED) is 0.652. The molecule has 0 radical (unpaired) electrons. The zero-order valence-corrected chi connectivity index (χ0v) is 17.2. The normalized spacial score (nSPS) is 14.1. The van der Waals surface area contributed by atoms with Crippen LogP contribution in [0.1, 0.15) is 18.4 Å². The Hall–Kier alpha value is -2.40. The van der Waals surface area contributed by atoms with Crippen molar-refractivity contribution in [1.29, 1.82) is 0 Å². The molecule has 0 aliphatic carbocycles. The summed E-state index contributed by atoms with van der Waals surface area (Å²) in [5, 5.41) is 0.703. The minimum atomic E-state index is 0.200. The van der Waals surface area contributed by atoms with Crippen molar-refractivity contribution in [1.82, 2.24) is 4.90 Å². The van der Waals surface area contributed by atoms with Crippen LogP contribution in [0.5, 0.6) is 11.5 Å². The summed E-state index contributed by atoms with van der Waals surface area (Å²) < 4.78 is 11.0. The summed E-state index contributed by atoms with van der Waals surface area (Å²) in [4.78, 5) is 16.7. The van der Waals surface area contributed by atoms with Gasteiger partial charge < -0.3 is 19.3 Å². The Kier molecular flexibility index (Phi) is 7.04. The molecule has 1 amide bonds. The van der Waals surface area contributed by atoms with Crippen molar-refractivity contribution in [3.05, 3.63) is 53.1 Å². The average molecular weight is 403 g/mol. The molecule has 3 rings (SSSR count). The maximum absolute atomic E-state index is 12.5. The molecule has 150 valence electrons. The van der Waals surface area contributed by atoms with Crippen LogP contribution in [0.2, 0.25) is 5.02 Å². The third-order valence-corrected chi connectivity index (χ3v) is 5.23. The predicted molar refractivity (Wildman–Crippen MR) is 113 cm³/mol. The molecule has 28 heavy (non-hydrogen) atoms. The third-order valence-electron chi connectivity index (χ3n) is 5.00. The van der Waals surface area contributed by atoms with Crippen LogP contribution in [0.3, 0.4) is 0 Å². The number of benzene rings is 2. The number of aryl methyl sites for hydroxylation is 1. The summed E-state index contributed by atoms with van der Waals surface area (Å²) >= 11 is 5.95. The van der Waals surface area contributed by atoms with Gasteiger partial charge in [-0.2, -0.15) is 0 Å². The van der Waals surface area contributed by atoms with Gasteiger partial charge in [-0.05, 0) is 61.4 Å². The van der Waals surface area contributed by atoms with E-state index in [2.05, 4.69) is 17.0 Å². The minimum Gasteiger partial charge on any atom is -0.497 e. The van der Waals surface area contributed by atoms with E-state index in [0.717, 1.165) is 43.2 Å². The molecule has 1 heterocycles. The van der Waals surface area contributed by atoms with Gasteiger partial charge in [0.05, 0.1) is 13.7 Å². The van der Waals surface area contributed by atoms with Crippen molar-refractivity contribution in [2.75, 3.05) is 44.8 Å². The number of hydrogen-bond donors (Lipinski definition) is 0. The van der Waals surface area contributed by atoms with Gasteiger partial charge in [-0.3, -0.25) is 4.79 Å². The molecule has 1 saturated heterocycles. The van der Waals surface area contributed by atoms with Gasteiger partial charge in [-0.25, -0.2) is 0 Å². The highest BCUT2D eigenvalue weighted by molar-refractivity contribution is 6.30. The molecule has 6 heteroatoms. The molecular formula is C22H27ClN2O3. The van der Waals surface area contributed by atoms with Crippen LogP contribution in [0.25, 0.3) is 0 Å². The number of amides is 1. The van der Waals surface area contributed by atoms with Crippen LogP contribution >= 0.6 is 11.6 Å². The van der Waals surface area contributed by atoms with Gasteiger partial charge in [0.1, 0.15) is 11.5 Å². The van der Waals surface area contributed by atoms with Gasteiger partial charge in [0.25, 0.3) is 0 Å². The first-order valence-electron chi connectivity index (χ1n) is 9.62. The number of piperazine rings is 1. The van der Waals surface area contributed by atoms with Gasteiger partial charge in [0.15, 0.2) is 0 Å². The van der Waals surface area contributed by atoms with E-state index in [-0.39, 0.29) is 5.91 Å². The molecule has 1 aliphatic heterocycles. The maximum Gasteiger partial charge on any atom is 0.222 e. The molecule has 5 nitrogen and oxygen atoms in total. The highest BCUT2D eigenvalue weighted by Gasteiger charge is 2.21. The fourth-order valence-electron chi connectivity index (χ4n) is 3.35. The van der Waals surface area contributed by atoms with Crippen molar-refractivity contribution < 1.29 is 14.3 Å². The summed E-state index contributed by atoms with van der Waals surface area (Å²) in [6.45, 7) is 5.69. The summed E-state index contributed by atoms with van der Waals surface area (Å²) in [7, 11) is 1.67. The first-order chi connectivity index (χ1) is 13.6. The number of carbonyl (C=O) groups is 1. The molecule has 2 aromatic carbocycles. The van der Waals surface area contributed by atoms with Crippen molar-refractivity contribution >= 4 is 23.2 Å². The van der Waals surface area contributed by atoms with Crippen LogP contribution in [0, 0.1) is 6.92 Å². The fourth-order valence-corrected chi connectivity index (χ4v) is 3.57. The smallest absolute Gasteiger partial charge is 0.222 e. The summed E-state index contributed by atoms with van der Waals surface area (Å²) in [6, 6.07) is 13.6. The third kappa shape index (κ3) is 5.32. The number of ether oxygens (including phenoxy) is 2. The van der Waals surface area contributed by atoms with Crippen LogP contribution in [-0.4, -0.2) is 50.7 Å². The molecule has 0 bridgehead atoms. The second kappa shape index (κ2) is 9.69. The average Bonchev–Trinajstić information content (AvgIpc) is 2.72. The Bertz CT molecular complexity index is 787. The molecule has 0 spiro atoms. The van der Waals surface area contributed by atoms with E-state index in [9.17, 15) is 4.79 Å². The van der Waals surface area contributed by atoms with Crippen molar-refractivity contribution in [2.24, 2.45) is 0 Å². The van der Waals surface area contributed by atoms with E-state index < -0.39 is 0 Å². The standard InChI is InChI=1S/C22H27ClN2O3/c1-17-16-18(23)5-10-21(17)28-15-3-4-22(26)25-13-11-24(12-14-25)19-6-8-20(27-2)9-7-19/h5-10,16H,3-4,11-15H2,1-2H3. The lowest BCUT2D eigenvalue weighted by Gasteiger charge is -2.36. The summed E-state index contributed by atoms with van der Waals surface area (Å²) in [5.41, 5.74) is 2.17. The molecule has 0 atom stereocenters. The molecule has 1 aliphatic rings. The van der Waals surface area contributed by atoms with Crippen LogP contribution in [-0.2, 0) is 4.79 Å². The number of rotatable bonds is 7. The molecule has 0 N–H and O–H groups in total. The fraction of sp³-hybridized carbons (Fsp3) is 0.409. The van der Waals surface area contributed by atoms with Gasteiger partial charge in [-0.15, -0.1) is 0 Å². The Morgan fingerprint density at radius 3 is 2.43 bits per heavy atom. The number of carbonyl (C=O) groups excluding carboxylic acids is 1. The zero-order chi connectivity index (χ0) is 19.9. The second-order valence-electron chi connectivity index (χ2n) is 6.93. The Morgan fingerprint density at radius 1 is 1.07 bits per heavy atom. The predicted octanol–water partition coefficient (Wildman–Crippen LogP) is 4.16. The highest BCUT2D eigenvalue weighted by atomic mass is 35.5. The van der Waals surface area contributed by atoms with Gasteiger partial charge in [-0.1, -0.05) is 11.6 Å². The van der Waals surface area contributed by atoms with E-state index in [1.54, 1.807) is 7.11 Å². The Labute approximate surface area is 171 Å². The minimum absolute atomic E-state index is 0.200. The first kappa shape index (κ1) is 20.3. The lowest BCUT2D eigenvalue weighted by atomic mass is 10.2. The number of methoxy groups -OCH3 is 1. The van der Waals surface area contributed by atoms with E-state index in [0.29, 0.717) is 24.5 Å². The van der Waals surface area contributed by atoms with Gasteiger partial charge >= 0.3 is 0 Å². The first-order valence-corrected chi connectivity index (χ1v) is 10.0. The second-order valence-corrected chi connectivity index (χ2v) is 7.36. The highest BCUT2D eigenvalue weighted by Crippen LogP contribution is 2.22. The lowest BCUT2D eigenvalue weighted by Crippen LogP contribution is -2.48. The SMILES string of the molecule is COc1ccc(N2CCN(C(=O)CCCOc3ccc(Cl)cc3C)CC2)cc1. The largest absolute Gasteiger partial charge is 0.497 e. The van der Waals surface area contributed by atoms with Crippen LogP contribution in [0.15, 0.2) is 42.5 Å². The van der Waals surface area contributed by atoms with Crippen molar-refractivity contribution in [2.45, 2.75) is 19.8 Å². The van der Waals surface area contributed by atoms with Crippen LogP contribution < -0.4 is 14.4 Å². The Balaban J connectivity index is 1.38. The van der Waals surface area contributed by atoms with E-state index in [1.807, 2.05) is 42.2 Å². The number of halogens is 1. The van der Waals surface area contributed by atoms with E-state index >= 15 is 0 Å². The number of anilines is 1. The summed E-state index contributed by atoms with van der Waals surface area (Å²) in [5.74, 6) is 1.88. The number of nitrogens with zero attached hydrogens (tertiary/aromatic N) is 2. The monoisotopic (exact) mass is 402 g/mol. The lowest BCUT2D eigenvalue weighted by molar-refractivity contribution is -0.131. The molecule has 0 unspecified atom stereocenters. The molecule has 1 fully saturated rings. The zero-order valence-electron chi connectivity index (χ0n) is 16.5. The molecular weight excluding hydrogens is 376 g/mol. The van der Waals surface area contributed by atoms with Crippen molar-refractivity contribution in [3.63, 3.8) is 0 Å². The Morgan fingerprint density at radius 2 is 1.79 bits per heavy atom. The van der Waals surface area contributed by atoms with Crippen LogP contribution in [0.4, 0.5) is 5.69 Å². The van der Waals surface area contributed by atoms with Gasteiger partial charge in [0, 0.05) is 43.3 Å². The topological polar surface area (TPSA) is 42.0 Å².